The van der Waals surface area contributed by atoms with Crippen molar-refractivity contribution >= 4 is 40.3 Å². The molecule has 6 heteroatoms. The molecule has 2 aromatic rings. The Hall–Kier alpha value is -0.840. The van der Waals surface area contributed by atoms with E-state index in [2.05, 4.69) is 4.98 Å². The molecule has 18 heavy (non-hydrogen) atoms. The minimum absolute atomic E-state index is 0.0527. The van der Waals surface area contributed by atoms with Crippen LogP contribution in [0.4, 0.5) is 0 Å². The molecule has 0 aliphatic heterocycles. The molecule has 0 unspecified atom stereocenters. The predicted molar refractivity (Wildman–Crippen MR) is 75.0 cm³/mol. The van der Waals surface area contributed by atoms with E-state index in [1.54, 1.807) is 18.5 Å². The van der Waals surface area contributed by atoms with Crippen LogP contribution < -0.4 is 0 Å². The molecule has 0 aliphatic carbocycles. The van der Waals surface area contributed by atoms with Crippen molar-refractivity contribution < 1.29 is 4.79 Å². The Labute approximate surface area is 119 Å². The largest absolute Gasteiger partial charge is 0.327 e. The average molecular weight is 303 g/mol. The zero-order valence-corrected chi connectivity index (χ0v) is 12.3. The standard InChI is InChI=1S/C12H12Cl2N2OS/c1-7(2)12-15-3-4-16(12)6-9(17)8-5-10(13)18-11(8)14/h3-5,7H,6H2,1-2H3. The monoisotopic (exact) mass is 302 g/mol. The van der Waals surface area contributed by atoms with E-state index >= 15 is 0 Å². The molecular weight excluding hydrogens is 291 g/mol. The Balaban J connectivity index is 2.21. The van der Waals surface area contributed by atoms with Gasteiger partial charge in [-0.05, 0) is 6.07 Å². The summed E-state index contributed by atoms with van der Waals surface area (Å²) >= 11 is 13.0. The second-order valence-electron chi connectivity index (χ2n) is 4.23. The topological polar surface area (TPSA) is 34.9 Å². The first kappa shape index (κ1) is 13.6. The van der Waals surface area contributed by atoms with Crippen LogP contribution in [0.3, 0.4) is 0 Å². The van der Waals surface area contributed by atoms with E-state index < -0.39 is 0 Å². The van der Waals surface area contributed by atoms with Gasteiger partial charge in [-0.1, -0.05) is 37.0 Å². The lowest BCUT2D eigenvalue weighted by molar-refractivity contribution is 0.0971. The minimum Gasteiger partial charge on any atom is -0.327 e. The van der Waals surface area contributed by atoms with Gasteiger partial charge in [0.15, 0.2) is 5.78 Å². The van der Waals surface area contributed by atoms with Crippen LogP contribution in [0.5, 0.6) is 0 Å². The quantitative estimate of drug-likeness (QED) is 0.791. The molecule has 0 radical (unpaired) electrons. The van der Waals surface area contributed by atoms with Crippen LogP contribution in [0.25, 0.3) is 0 Å². The van der Waals surface area contributed by atoms with Gasteiger partial charge in [0.1, 0.15) is 10.2 Å². The molecule has 0 saturated heterocycles. The fourth-order valence-corrected chi connectivity index (χ4v) is 3.22. The average Bonchev–Trinajstić information content (AvgIpc) is 2.85. The Bertz CT molecular complexity index is 574. The van der Waals surface area contributed by atoms with Gasteiger partial charge in [-0.3, -0.25) is 4.79 Å². The van der Waals surface area contributed by atoms with Gasteiger partial charge in [-0.25, -0.2) is 4.98 Å². The van der Waals surface area contributed by atoms with Crippen LogP contribution in [0, 0.1) is 0 Å². The number of hydrogen-bond acceptors (Lipinski definition) is 3. The number of rotatable bonds is 4. The molecule has 3 nitrogen and oxygen atoms in total. The molecule has 0 fully saturated rings. The van der Waals surface area contributed by atoms with Crippen molar-refractivity contribution in [2.24, 2.45) is 0 Å². The summed E-state index contributed by atoms with van der Waals surface area (Å²) in [5, 5.41) is 0. The van der Waals surface area contributed by atoms with Crippen LogP contribution in [0.15, 0.2) is 18.5 Å². The number of nitrogens with zero attached hydrogens (tertiary/aromatic N) is 2. The maximum Gasteiger partial charge on any atom is 0.184 e. The van der Waals surface area contributed by atoms with Gasteiger partial charge in [0.25, 0.3) is 0 Å². The van der Waals surface area contributed by atoms with Crippen LogP contribution in [-0.2, 0) is 6.54 Å². The molecular formula is C12H12Cl2N2OS. The molecule has 2 aromatic heterocycles. The predicted octanol–water partition coefficient (Wildman–Crippen LogP) is 4.26. The summed E-state index contributed by atoms with van der Waals surface area (Å²) in [7, 11) is 0. The van der Waals surface area contributed by atoms with Crippen LogP contribution >= 0.6 is 34.5 Å². The summed E-state index contributed by atoms with van der Waals surface area (Å²) < 4.78 is 2.81. The lowest BCUT2D eigenvalue weighted by Gasteiger charge is -2.09. The summed E-state index contributed by atoms with van der Waals surface area (Å²) in [6.07, 6.45) is 3.50. The van der Waals surface area contributed by atoms with Crippen LogP contribution in [-0.4, -0.2) is 15.3 Å². The van der Waals surface area contributed by atoms with Crippen LogP contribution in [0.2, 0.25) is 8.67 Å². The van der Waals surface area contributed by atoms with Crippen molar-refractivity contribution in [3.63, 3.8) is 0 Å². The molecule has 0 amide bonds. The van der Waals surface area contributed by atoms with Crippen molar-refractivity contribution in [1.29, 1.82) is 0 Å². The SMILES string of the molecule is CC(C)c1nccn1CC(=O)c1cc(Cl)sc1Cl. The second kappa shape index (κ2) is 5.43. The van der Waals surface area contributed by atoms with Gasteiger partial charge in [-0.2, -0.15) is 0 Å². The van der Waals surface area contributed by atoms with Crippen molar-refractivity contribution in [2.45, 2.75) is 26.3 Å². The molecule has 0 N–H and O–H groups in total. The fourth-order valence-electron chi connectivity index (χ4n) is 1.73. The maximum absolute atomic E-state index is 12.1. The van der Waals surface area contributed by atoms with E-state index in [-0.39, 0.29) is 18.2 Å². The number of imidazole rings is 1. The molecule has 2 heterocycles. The molecule has 0 spiro atoms. The molecule has 0 aliphatic rings. The van der Waals surface area contributed by atoms with Gasteiger partial charge in [0.05, 0.1) is 16.4 Å². The smallest absolute Gasteiger partial charge is 0.184 e. The molecule has 96 valence electrons. The third-order valence-corrected chi connectivity index (χ3v) is 4.02. The van der Waals surface area contributed by atoms with Gasteiger partial charge in [-0.15, -0.1) is 11.3 Å². The number of halogens is 2. The Morgan fingerprint density at radius 3 is 2.78 bits per heavy atom. The number of Topliss-reactive ketones (excluding diaryl/α,β-unsaturated/α-hetero) is 1. The third-order valence-electron chi connectivity index (χ3n) is 2.54. The number of thiophene rings is 1. The zero-order chi connectivity index (χ0) is 13.3. The van der Waals surface area contributed by atoms with Crippen molar-refractivity contribution in [3.8, 4) is 0 Å². The Morgan fingerprint density at radius 1 is 1.50 bits per heavy atom. The lowest BCUT2D eigenvalue weighted by Crippen LogP contribution is -2.13. The normalized spacial score (nSPS) is 11.2. The van der Waals surface area contributed by atoms with E-state index in [1.165, 1.54) is 11.3 Å². The first-order chi connectivity index (χ1) is 8.49. The van der Waals surface area contributed by atoms with Gasteiger partial charge in [0, 0.05) is 18.3 Å². The number of carbonyl (C=O) groups excluding carboxylic acids is 1. The van der Waals surface area contributed by atoms with Crippen molar-refractivity contribution in [2.75, 3.05) is 0 Å². The van der Waals surface area contributed by atoms with Crippen molar-refractivity contribution in [3.05, 3.63) is 38.5 Å². The number of carbonyl (C=O) groups is 1. The number of ketones is 1. The summed E-state index contributed by atoms with van der Waals surface area (Å²) in [6, 6.07) is 1.61. The third kappa shape index (κ3) is 2.76. The Kier molecular flexibility index (Phi) is 4.10. The van der Waals surface area contributed by atoms with Gasteiger partial charge < -0.3 is 4.57 Å². The van der Waals surface area contributed by atoms with E-state index in [4.69, 9.17) is 23.2 Å². The van der Waals surface area contributed by atoms with E-state index in [9.17, 15) is 4.79 Å². The fraction of sp³-hybridized carbons (Fsp3) is 0.333. The molecule has 0 bridgehead atoms. The first-order valence-electron chi connectivity index (χ1n) is 5.48. The molecule has 0 atom stereocenters. The lowest BCUT2D eigenvalue weighted by atomic mass is 10.2. The summed E-state index contributed by atoms with van der Waals surface area (Å²) in [5.74, 6) is 1.11. The van der Waals surface area contributed by atoms with Gasteiger partial charge >= 0.3 is 0 Å². The highest BCUT2D eigenvalue weighted by atomic mass is 35.5. The van der Waals surface area contributed by atoms with Crippen LogP contribution in [0.1, 0.15) is 35.9 Å². The Morgan fingerprint density at radius 2 is 2.22 bits per heavy atom. The van der Waals surface area contributed by atoms with E-state index in [0.717, 1.165) is 5.82 Å². The summed E-state index contributed by atoms with van der Waals surface area (Å²) in [4.78, 5) is 16.4. The zero-order valence-electron chi connectivity index (χ0n) is 9.98. The number of hydrogen-bond donors (Lipinski definition) is 0. The molecule has 0 saturated carbocycles. The maximum atomic E-state index is 12.1. The minimum atomic E-state index is -0.0527. The molecule has 2 rings (SSSR count). The summed E-state index contributed by atoms with van der Waals surface area (Å²) in [5.41, 5.74) is 0.482. The van der Waals surface area contributed by atoms with E-state index in [1.807, 2.05) is 18.4 Å². The van der Waals surface area contributed by atoms with E-state index in [0.29, 0.717) is 14.2 Å². The summed E-state index contributed by atoms with van der Waals surface area (Å²) in [6.45, 7) is 4.32. The molecule has 0 aromatic carbocycles. The van der Waals surface area contributed by atoms with Gasteiger partial charge in [0.2, 0.25) is 0 Å². The highest BCUT2D eigenvalue weighted by Gasteiger charge is 2.16. The first-order valence-corrected chi connectivity index (χ1v) is 7.05. The highest BCUT2D eigenvalue weighted by molar-refractivity contribution is 7.20. The second-order valence-corrected chi connectivity index (χ2v) is 6.51. The number of aromatic nitrogens is 2. The van der Waals surface area contributed by atoms with Crippen molar-refractivity contribution in [1.82, 2.24) is 9.55 Å². The highest BCUT2D eigenvalue weighted by Crippen LogP contribution is 2.31.